The second kappa shape index (κ2) is 8.35. The van der Waals surface area contributed by atoms with Gasteiger partial charge in [-0.25, -0.2) is 5.43 Å². The molecule has 2 aromatic rings. The summed E-state index contributed by atoms with van der Waals surface area (Å²) in [6.07, 6.45) is 1.51. The molecule has 1 N–H and O–H groups in total. The lowest BCUT2D eigenvalue weighted by atomic mass is 10.2. The molecule has 0 aliphatic carbocycles. The molecule has 6 nitrogen and oxygen atoms in total. The zero-order valence-electron chi connectivity index (χ0n) is 13.5. The van der Waals surface area contributed by atoms with Crippen molar-refractivity contribution in [1.29, 1.82) is 0 Å². The molecule has 2 aromatic carbocycles. The van der Waals surface area contributed by atoms with Crippen LogP contribution < -0.4 is 19.6 Å². The number of hydrazone groups is 1. The number of carbonyl (C=O) groups excluding carboxylic acids is 1. The highest BCUT2D eigenvalue weighted by atomic mass is 79.9. The van der Waals surface area contributed by atoms with Gasteiger partial charge in [0.15, 0.2) is 0 Å². The van der Waals surface area contributed by atoms with Crippen LogP contribution in [0.5, 0.6) is 17.2 Å². The first-order valence-electron chi connectivity index (χ1n) is 6.97. The largest absolute Gasteiger partial charge is 0.497 e. The number of hydrogen-bond donors (Lipinski definition) is 1. The quantitative estimate of drug-likeness (QED) is 0.605. The van der Waals surface area contributed by atoms with Crippen LogP contribution in [0.2, 0.25) is 0 Å². The molecule has 126 valence electrons. The summed E-state index contributed by atoms with van der Waals surface area (Å²) in [5, 5.41) is 3.97. The van der Waals surface area contributed by atoms with Gasteiger partial charge in [0.2, 0.25) is 0 Å². The average molecular weight is 393 g/mol. The van der Waals surface area contributed by atoms with Crippen molar-refractivity contribution < 1.29 is 19.0 Å². The Hall–Kier alpha value is -2.54. The van der Waals surface area contributed by atoms with Crippen molar-refractivity contribution in [3.63, 3.8) is 0 Å². The monoisotopic (exact) mass is 392 g/mol. The second-order valence-electron chi connectivity index (χ2n) is 4.69. The normalized spacial score (nSPS) is 10.5. The summed E-state index contributed by atoms with van der Waals surface area (Å²) in [6, 6.07) is 10.4. The molecular weight excluding hydrogens is 376 g/mol. The van der Waals surface area contributed by atoms with E-state index in [4.69, 9.17) is 14.2 Å². The molecule has 7 heteroatoms. The van der Waals surface area contributed by atoms with Gasteiger partial charge in [0.1, 0.15) is 17.2 Å². The zero-order valence-corrected chi connectivity index (χ0v) is 15.1. The number of amides is 1. The number of ether oxygens (including phenoxy) is 3. The maximum Gasteiger partial charge on any atom is 0.271 e. The SMILES string of the molecule is COc1cc(OC)cc(C(=O)N/N=C\c2cc(Br)ccc2OC)c1. The van der Waals surface area contributed by atoms with Crippen LogP contribution >= 0.6 is 15.9 Å². The third kappa shape index (κ3) is 4.48. The Morgan fingerprint density at radius 2 is 1.71 bits per heavy atom. The molecule has 0 aliphatic heterocycles. The van der Waals surface area contributed by atoms with Gasteiger partial charge in [0.05, 0.1) is 27.5 Å². The third-order valence-electron chi connectivity index (χ3n) is 3.18. The van der Waals surface area contributed by atoms with Crippen LogP contribution in [0.1, 0.15) is 15.9 Å². The Bertz CT molecular complexity index is 740. The van der Waals surface area contributed by atoms with E-state index < -0.39 is 0 Å². The molecule has 0 spiro atoms. The molecular formula is C17H17BrN2O4. The average Bonchev–Trinajstić information content (AvgIpc) is 2.61. The standard InChI is InChI=1S/C17H17BrN2O4/c1-22-14-7-11(8-15(9-14)23-2)17(21)20-19-10-12-6-13(18)4-5-16(12)24-3/h4-10H,1-3H3,(H,20,21)/b19-10-. The number of carbonyl (C=O) groups is 1. The molecule has 0 saturated heterocycles. The molecule has 0 unspecified atom stereocenters. The first kappa shape index (κ1) is 17.8. The smallest absolute Gasteiger partial charge is 0.271 e. The fourth-order valence-electron chi connectivity index (χ4n) is 1.97. The Kier molecular flexibility index (Phi) is 6.20. The van der Waals surface area contributed by atoms with Crippen molar-refractivity contribution in [3.8, 4) is 17.2 Å². The van der Waals surface area contributed by atoms with E-state index in [9.17, 15) is 4.79 Å². The van der Waals surface area contributed by atoms with E-state index in [-0.39, 0.29) is 5.91 Å². The highest BCUT2D eigenvalue weighted by Crippen LogP contribution is 2.23. The van der Waals surface area contributed by atoms with Gasteiger partial charge in [0.25, 0.3) is 5.91 Å². The number of nitrogens with zero attached hydrogens (tertiary/aromatic N) is 1. The van der Waals surface area contributed by atoms with E-state index in [1.807, 2.05) is 12.1 Å². The van der Waals surface area contributed by atoms with Gasteiger partial charge < -0.3 is 14.2 Å². The molecule has 0 heterocycles. The lowest BCUT2D eigenvalue weighted by molar-refractivity contribution is 0.0954. The molecule has 0 radical (unpaired) electrons. The molecule has 0 atom stereocenters. The number of halogens is 1. The molecule has 2 rings (SSSR count). The summed E-state index contributed by atoms with van der Waals surface area (Å²) in [4.78, 5) is 12.2. The van der Waals surface area contributed by atoms with Crippen molar-refractivity contribution in [2.75, 3.05) is 21.3 Å². The van der Waals surface area contributed by atoms with Crippen LogP contribution in [0.3, 0.4) is 0 Å². The Morgan fingerprint density at radius 3 is 2.29 bits per heavy atom. The first-order chi connectivity index (χ1) is 11.6. The van der Waals surface area contributed by atoms with Crippen LogP contribution in [0.25, 0.3) is 0 Å². The van der Waals surface area contributed by atoms with E-state index in [1.165, 1.54) is 20.4 Å². The molecule has 0 fully saturated rings. The van der Waals surface area contributed by atoms with Gasteiger partial charge >= 0.3 is 0 Å². The van der Waals surface area contributed by atoms with E-state index in [2.05, 4.69) is 26.5 Å². The summed E-state index contributed by atoms with van der Waals surface area (Å²) in [6.45, 7) is 0. The van der Waals surface area contributed by atoms with Crippen LogP contribution in [0.15, 0.2) is 46.0 Å². The minimum atomic E-state index is -0.377. The van der Waals surface area contributed by atoms with Crippen molar-refractivity contribution in [1.82, 2.24) is 5.43 Å². The van der Waals surface area contributed by atoms with Crippen LogP contribution in [0, 0.1) is 0 Å². The van der Waals surface area contributed by atoms with E-state index in [0.717, 1.165) is 10.0 Å². The highest BCUT2D eigenvalue weighted by Gasteiger charge is 2.09. The first-order valence-corrected chi connectivity index (χ1v) is 7.76. The second-order valence-corrected chi connectivity index (χ2v) is 5.60. The predicted octanol–water partition coefficient (Wildman–Crippen LogP) is 3.24. The summed E-state index contributed by atoms with van der Waals surface area (Å²) < 4.78 is 16.4. The summed E-state index contributed by atoms with van der Waals surface area (Å²) in [5.41, 5.74) is 3.58. The fraction of sp³-hybridized carbons (Fsp3) is 0.176. The number of rotatable bonds is 6. The molecule has 0 aromatic heterocycles. The Labute approximate surface area is 148 Å². The maximum atomic E-state index is 12.2. The molecule has 0 saturated carbocycles. The van der Waals surface area contributed by atoms with Crippen molar-refractivity contribution in [2.45, 2.75) is 0 Å². The van der Waals surface area contributed by atoms with Crippen molar-refractivity contribution >= 4 is 28.1 Å². The Balaban J connectivity index is 2.15. The molecule has 24 heavy (non-hydrogen) atoms. The van der Waals surface area contributed by atoms with E-state index >= 15 is 0 Å². The highest BCUT2D eigenvalue weighted by molar-refractivity contribution is 9.10. The maximum absolute atomic E-state index is 12.2. The minimum Gasteiger partial charge on any atom is -0.497 e. The lowest BCUT2D eigenvalue weighted by Gasteiger charge is -2.07. The van der Waals surface area contributed by atoms with Crippen molar-refractivity contribution in [3.05, 3.63) is 52.0 Å². The van der Waals surface area contributed by atoms with Gasteiger partial charge in [-0.2, -0.15) is 5.10 Å². The van der Waals surface area contributed by atoms with Gasteiger partial charge in [-0.1, -0.05) is 15.9 Å². The topological polar surface area (TPSA) is 69.2 Å². The summed E-state index contributed by atoms with van der Waals surface area (Å²) >= 11 is 3.38. The van der Waals surface area contributed by atoms with Gasteiger partial charge in [-0.15, -0.1) is 0 Å². The molecule has 0 aliphatic rings. The van der Waals surface area contributed by atoms with Crippen molar-refractivity contribution in [2.24, 2.45) is 5.10 Å². The number of methoxy groups -OCH3 is 3. The third-order valence-corrected chi connectivity index (χ3v) is 3.67. The Morgan fingerprint density at radius 1 is 1.04 bits per heavy atom. The lowest BCUT2D eigenvalue weighted by Crippen LogP contribution is -2.17. The predicted molar refractivity (Wildman–Crippen MR) is 95.3 cm³/mol. The van der Waals surface area contributed by atoms with Crippen LogP contribution in [0.4, 0.5) is 0 Å². The fourth-order valence-corrected chi connectivity index (χ4v) is 2.35. The molecule has 1 amide bonds. The summed E-state index contributed by atoms with van der Waals surface area (Å²) in [7, 11) is 4.62. The van der Waals surface area contributed by atoms with Gasteiger partial charge in [-0.05, 0) is 30.3 Å². The van der Waals surface area contributed by atoms with E-state index in [1.54, 1.807) is 31.4 Å². The summed E-state index contributed by atoms with van der Waals surface area (Å²) in [5.74, 6) is 1.32. The number of benzene rings is 2. The van der Waals surface area contributed by atoms with Crippen LogP contribution in [-0.2, 0) is 0 Å². The minimum absolute atomic E-state index is 0.377. The zero-order chi connectivity index (χ0) is 17.5. The molecule has 0 bridgehead atoms. The number of hydrogen-bond acceptors (Lipinski definition) is 5. The van der Waals surface area contributed by atoms with Crippen LogP contribution in [-0.4, -0.2) is 33.5 Å². The van der Waals surface area contributed by atoms with E-state index in [0.29, 0.717) is 22.8 Å². The van der Waals surface area contributed by atoms with Gasteiger partial charge in [-0.3, -0.25) is 4.79 Å². The van der Waals surface area contributed by atoms with Gasteiger partial charge in [0, 0.05) is 21.7 Å². The number of nitrogens with one attached hydrogen (secondary N) is 1.